The number of aliphatic hydroxyl groups is 1. The number of nitrogens with one attached hydrogen (secondary N) is 1. The minimum atomic E-state index is -0.988. The zero-order valence-corrected chi connectivity index (χ0v) is 25.4. The molecule has 4 atom stereocenters. The molecule has 0 saturated carbocycles. The van der Waals surface area contributed by atoms with Gasteiger partial charge in [0, 0.05) is 35.1 Å². The smallest absolute Gasteiger partial charge is 0.303 e. The number of carboxylic acids is 1. The molecular formula is C36H37NO6S. The Kier molecular flexibility index (Phi) is 10.9. The molecule has 1 aliphatic heterocycles. The molecule has 8 heteroatoms. The van der Waals surface area contributed by atoms with Gasteiger partial charge in [-0.2, -0.15) is 0 Å². The van der Waals surface area contributed by atoms with Crippen LogP contribution in [0.1, 0.15) is 54.4 Å². The van der Waals surface area contributed by atoms with E-state index in [1.54, 1.807) is 11.8 Å². The van der Waals surface area contributed by atoms with Crippen LogP contribution in [0.25, 0.3) is 11.1 Å². The summed E-state index contributed by atoms with van der Waals surface area (Å²) in [5.41, 5.74) is 5.80. The van der Waals surface area contributed by atoms with Crippen molar-refractivity contribution in [2.75, 3.05) is 5.75 Å². The van der Waals surface area contributed by atoms with E-state index in [0.717, 1.165) is 39.1 Å². The lowest BCUT2D eigenvalue weighted by molar-refractivity contribution is -0.268. The van der Waals surface area contributed by atoms with E-state index < -0.39 is 12.3 Å². The van der Waals surface area contributed by atoms with Crippen molar-refractivity contribution in [1.29, 1.82) is 0 Å². The van der Waals surface area contributed by atoms with E-state index in [9.17, 15) is 14.7 Å². The summed E-state index contributed by atoms with van der Waals surface area (Å²) in [6, 6.07) is 34.3. The van der Waals surface area contributed by atoms with Crippen LogP contribution in [-0.2, 0) is 32.2 Å². The number of benzene rings is 4. The molecule has 4 aromatic carbocycles. The van der Waals surface area contributed by atoms with Crippen LogP contribution in [0.5, 0.6) is 0 Å². The second-order valence-electron chi connectivity index (χ2n) is 10.9. The van der Waals surface area contributed by atoms with Gasteiger partial charge in [-0.3, -0.25) is 9.59 Å². The van der Waals surface area contributed by atoms with Gasteiger partial charge in [-0.05, 0) is 46.0 Å². The highest BCUT2D eigenvalue weighted by molar-refractivity contribution is 7.99. The molecule has 44 heavy (non-hydrogen) atoms. The van der Waals surface area contributed by atoms with Crippen molar-refractivity contribution >= 4 is 23.6 Å². The van der Waals surface area contributed by atoms with Crippen molar-refractivity contribution in [3.63, 3.8) is 0 Å². The van der Waals surface area contributed by atoms with Crippen molar-refractivity contribution in [2.24, 2.45) is 5.92 Å². The van der Waals surface area contributed by atoms with Crippen molar-refractivity contribution in [1.82, 2.24) is 5.32 Å². The van der Waals surface area contributed by atoms with E-state index in [1.807, 2.05) is 91.0 Å². The summed E-state index contributed by atoms with van der Waals surface area (Å²) in [6.45, 7) is 2.50. The number of rotatable bonds is 12. The molecule has 0 aliphatic carbocycles. The van der Waals surface area contributed by atoms with Crippen LogP contribution < -0.4 is 5.32 Å². The Morgan fingerprint density at radius 3 is 2.23 bits per heavy atom. The minimum Gasteiger partial charge on any atom is -0.481 e. The van der Waals surface area contributed by atoms with Crippen LogP contribution >= 0.6 is 11.8 Å². The Morgan fingerprint density at radius 2 is 1.52 bits per heavy atom. The molecular weight excluding hydrogens is 574 g/mol. The van der Waals surface area contributed by atoms with E-state index in [1.165, 1.54) is 4.90 Å². The Labute approximate surface area is 262 Å². The topological polar surface area (TPSA) is 105 Å². The lowest BCUT2D eigenvalue weighted by atomic mass is 9.91. The molecule has 228 valence electrons. The lowest BCUT2D eigenvalue weighted by Crippen LogP contribution is -2.38. The van der Waals surface area contributed by atoms with E-state index in [0.29, 0.717) is 6.54 Å². The van der Waals surface area contributed by atoms with Gasteiger partial charge >= 0.3 is 5.97 Å². The summed E-state index contributed by atoms with van der Waals surface area (Å²) in [7, 11) is 0. The zero-order valence-electron chi connectivity index (χ0n) is 24.6. The van der Waals surface area contributed by atoms with Gasteiger partial charge in [0.25, 0.3) is 0 Å². The van der Waals surface area contributed by atoms with Gasteiger partial charge < -0.3 is 25.0 Å². The number of carboxylic acid groups (broad SMARTS) is 1. The fraction of sp³-hybridized carbons (Fsp3) is 0.278. The zero-order chi connectivity index (χ0) is 30.9. The maximum atomic E-state index is 12.0. The van der Waals surface area contributed by atoms with Gasteiger partial charge in [-0.15, -0.1) is 11.8 Å². The van der Waals surface area contributed by atoms with Crippen molar-refractivity contribution < 1.29 is 29.3 Å². The maximum Gasteiger partial charge on any atom is 0.303 e. The van der Waals surface area contributed by atoms with Crippen LogP contribution in [0.4, 0.5) is 0 Å². The van der Waals surface area contributed by atoms with Crippen LogP contribution in [0.2, 0.25) is 0 Å². The van der Waals surface area contributed by atoms with Crippen LogP contribution in [-0.4, -0.2) is 33.9 Å². The number of aliphatic hydroxyl groups excluding tert-OH is 1. The summed E-state index contributed by atoms with van der Waals surface area (Å²) in [4.78, 5) is 23.9. The number of amides is 1. The van der Waals surface area contributed by atoms with E-state index in [4.69, 9.17) is 14.6 Å². The Bertz CT molecular complexity index is 1530. The highest BCUT2D eigenvalue weighted by Gasteiger charge is 2.38. The van der Waals surface area contributed by atoms with Gasteiger partial charge in [-0.1, -0.05) is 91.9 Å². The Morgan fingerprint density at radius 1 is 0.795 bits per heavy atom. The second-order valence-corrected chi connectivity index (χ2v) is 12.0. The number of hydrogen-bond acceptors (Lipinski definition) is 6. The molecule has 3 N–H and O–H groups in total. The number of thioether (sulfide) groups is 1. The summed E-state index contributed by atoms with van der Waals surface area (Å²) in [6.07, 6.45) is -0.999. The first-order chi connectivity index (χ1) is 21.4. The van der Waals surface area contributed by atoms with E-state index in [2.05, 4.69) is 24.4 Å². The average Bonchev–Trinajstić information content (AvgIpc) is 3.06. The summed E-state index contributed by atoms with van der Waals surface area (Å²) >= 11 is 1.78. The quantitative estimate of drug-likeness (QED) is 0.150. The first-order valence-electron chi connectivity index (χ1n) is 14.8. The first kappa shape index (κ1) is 31.5. The molecule has 0 spiro atoms. The third-order valence-electron chi connectivity index (χ3n) is 7.78. The van der Waals surface area contributed by atoms with E-state index in [-0.39, 0.29) is 43.5 Å². The van der Waals surface area contributed by atoms with Gasteiger partial charge in [0.05, 0.1) is 25.2 Å². The highest BCUT2D eigenvalue weighted by Crippen LogP contribution is 2.43. The summed E-state index contributed by atoms with van der Waals surface area (Å²) in [5.74, 6) is -0.382. The number of hydrogen-bond donors (Lipinski definition) is 3. The molecule has 7 nitrogen and oxygen atoms in total. The summed E-state index contributed by atoms with van der Waals surface area (Å²) in [5, 5.41) is 21.1. The monoisotopic (exact) mass is 611 g/mol. The highest BCUT2D eigenvalue weighted by atomic mass is 32.2. The van der Waals surface area contributed by atoms with Gasteiger partial charge in [0.2, 0.25) is 5.91 Å². The minimum absolute atomic E-state index is 0.000118. The van der Waals surface area contributed by atoms with Crippen molar-refractivity contribution in [2.45, 2.75) is 56.3 Å². The fourth-order valence-corrected chi connectivity index (χ4v) is 6.30. The molecule has 1 aliphatic rings. The predicted octanol–water partition coefficient (Wildman–Crippen LogP) is 6.91. The standard InChI is InChI=1S/C36H37NO6S/c1-24-32(23-44-31-8-3-2-4-9-31)42-36(43-35(24)28-12-10-25(22-38)11-13-28)29-16-14-27(15-17-29)30-7-5-6-26(20-30)21-37-33(39)18-19-34(40)41/h2-17,20,24,32,35-36,38H,18-19,21-23H2,1H3,(H,37,39)(H,40,41)/t24-,32+,35+,36+/m0/s1. The van der Waals surface area contributed by atoms with Crippen LogP contribution in [0.15, 0.2) is 108 Å². The number of aliphatic carboxylic acids is 1. The fourth-order valence-electron chi connectivity index (χ4n) is 5.21. The normalized spacial score (nSPS) is 19.8. The molecule has 5 rings (SSSR count). The molecule has 0 unspecified atom stereocenters. The average molecular weight is 612 g/mol. The van der Waals surface area contributed by atoms with Crippen molar-refractivity contribution in [3.05, 3.63) is 125 Å². The van der Waals surface area contributed by atoms with Gasteiger partial charge in [0.1, 0.15) is 0 Å². The molecule has 1 saturated heterocycles. The largest absolute Gasteiger partial charge is 0.481 e. The molecule has 1 fully saturated rings. The van der Waals surface area contributed by atoms with Crippen LogP contribution in [0.3, 0.4) is 0 Å². The molecule has 0 bridgehead atoms. The molecule has 4 aromatic rings. The molecule has 0 radical (unpaired) electrons. The Balaban J connectivity index is 1.31. The predicted molar refractivity (Wildman–Crippen MR) is 171 cm³/mol. The van der Waals surface area contributed by atoms with Gasteiger partial charge in [0.15, 0.2) is 6.29 Å². The second kappa shape index (κ2) is 15.2. The molecule has 1 heterocycles. The number of carbonyl (C=O) groups is 2. The number of ether oxygens (including phenoxy) is 2. The lowest BCUT2D eigenvalue weighted by Gasteiger charge is -2.41. The van der Waals surface area contributed by atoms with E-state index >= 15 is 0 Å². The molecule has 1 amide bonds. The maximum absolute atomic E-state index is 12.0. The van der Waals surface area contributed by atoms with Crippen LogP contribution in [0, 0.1) is 5.92 Å². The first-order valence-corrected chi connectivity index (χ1v) is 15.7. The molecule has 0 aromatic heterocycles. The van der Waals surface area contributed by atoms with Gasteiger partial charge in [-0.25, -0.2) is 0 Å². The number of carbonyl (C=O) groups excluding carboxylic acids is 1. The summed E-state index contributed by atoms with van der Waals surface area (Å²) < 4.78 is 13.2. The van der Waals surface area contributed by atoms with Crippen molar-refractivity contribution in [3.8, 4) is 11.1 Å². The SMILES string of the molecule is C[C@H]1[C@@H](CSc2ccccc2)O[C@@H](c2ccc(-c3cccc(CNC(=O)CCC(=O)O)c3)cc2)O[C@H]1c1ccc(CO)cc1. The third kappa shape index (κ3) is 8.36. The Hall–Kier alpha value is -3.95. The third-order valence-corrected chi connectivity index (χ3v) is 8.88.